The molecule has 0 aromatic carbocycles. The number of ether oxygens (including phenoxy) is 1. The number of aryl methyl sites for hydroxylation is 1. The summed E-state index contributed by atoms with van der Waals surface area (Å²) in [4.78, 5) is 0. The van der Waals surface area contributed by atoms with Crippen molar-refractivity contribution in [3.05, 3.63) is 24.2 Å². The van der Waals surface area contributed by atoms with Gasteiger partial charge in [-0.1, -0.05) is 0 Å². The molecule has 0 aliphatic carbocycles. The molecule has 0 radical (unpaired) electrons. The quantitative estimate of drug-likeness (QED) is 0.865. The van der Waals surface area contributed by atoms with E-state index in [1.54, 1.807) is 30.3 Å². The summed E-state index contributed by atoms with van der Waals surface area (Å²) in [5.74, 6) is 0.488. The van der Waals surface area contributed by atoms with Crippen LogP contribution in [0.1, 0.15) is 5.56 Å². The van der Waals surface area contributed by atoms with Gasteiger partial charge < -0.3 is 10.1 Å². The van der Waals surface area contributed by atoms with Crippen LogP contribution in [-0.4, -0.2) is 33.1 Å². The Kier molecular flexibility index (Phi) is 3.98. The van der Waals surface area contributed by atoms with Gasteiger partial charge in [0.15, 0.2) is 0 Å². The number of nitrogens with zero attached hydrogens (tertiary/aromatic N) is 4. The van der Waals surface area contributed by atoms with Crippen LogP contribution in [0.4, 0.5) is 14.5 Å². The molecule has 0 saturated carbocycles. The lowest BCUT2D eigenvalue weighted by atomic mass is 10.3. The summed E-state index contributed by atoms with van der Waals surface area (Å²) >= 11 is 0. The number of hydrogen-bond acceptors (Lipinski definition) is 4. The molecule has 2 aromatic rings. The van der Waals surface area contributed by atoms with Gasteiger partial charge in [0.2, 0.25) is 0 Å². The van der Waals surface area contributed by atoms with E-state index in [4.69, 9.17) is 4.74 Å². The van der Waals surface area contributed by atoms with Crippen molar-refractivity contribution in [3.63, 3.8) is 0 Å². The van der Waals surface area contributed by atoms with Crippen LogP contribution >= 0.6 is 0 Å². The number of hydrogen-bond donors (Lipinski definition) is 1. The molecule has 6 nitrogen and oxygen atoms in total. The van der Waals surface area contributed by atoms with Crippen LogP contribution in [0.25, 0.3) is 0 Å². The van der Waals surface area contributed by atoms with Crippen LogP contribution in [0.2, 0.25) is 0 Å². The molecule has 2 rings (SSSR count). The second-order valence-corrected chi connectivity index (χ2v) is 4.04. The maximum absolute atomic E-state index is 12.2. The van der Waals surface area contributed by atoms with Gasteiger partial charge in [-0.15, -0.1) is 5.10 Å². The molecule has 0 saturated heterocycles. The molecular formula is C11H15F2N5O. The van der Waals surface area contributed by atoms with Gasteiger partial charge in [-0.2, -0.15) is 5.10 Å². The number of anilines is 1. The van der Waals surface area contributed by atoms with E-state index < -0.39 is 13.0 Å². The highest BCUT2D eigenvalue weighted by Gasteiger charge is 2.09. The molecule has 0 aliphatic heterocycles. The standard InChI is InChI=1S/C11H15F2N5O/c1-17-6-9(11(16-17)19-2)14-3-8-4-15-18(5-8)7-10(12)13/h4-6,10,14H,3,7H2,1-2H3. The van der Waals surface area contributed by atoms with Crippen LogP contribution in [0.15, 0.2) is 18.6 Å². The summed E-state index contributed by atoms with van der Waals surface area (Å²) in [6.45, 7) is 0.0709. The van der Waals surface area contributed by atoms with Crippen LogP contribution in [-0.2, 0) is 20.1 Å². The first-order valence-corrected chi connectivity index (χ1v) is 5.69. The van der Waals surface area contributed by atoms with Gasteiger partial charge >= 0.3 is 0 Å². The zero-order valence-electron chi connectivity index (χ0n) is 10.7. The van der Waals surface area contributed by atoms with Gasteiger partial charge in [0.05, 0.1) is 19.5 Å². The van der Waals surface area contributed by atoms with Crippen molar-refractivity contribution in [2.24, 2.45) is 7.05 Å². The smallest absolute Gasteiger partial charge is 0.257 e. The van der Waals surface area contributed by atoms with E-state index in [1.165, 1.54) is 11.8 Å². The highest BCUT2D eigenvalue weighted by molar-refractivity contribution is 5.51. The average molecular weight is 271 g/mol. The van der Waals surface area contributed by atoms with E-state index >= 15 is 0 Å². The summed E-state index contributed by atoms with van der Waals surface area (Å²) in [6.07, 6.45) is 2.52. The van der Waals surface area contributed by atoms with Crippen LogP contribution in [0, 0.1) is 0 Å². The highest BCUT2D eigenvalue weighted by atomic mass is 19.3. The lowest BCUT2D eigenvalue weighted by molar-refractivity contribution is 0.122. The van der Waals surface area contributed by atoms with Crippen LogP contribution in [0.5, 0.6) is 5.88 Å². The van der Waals surface area contributed by atoms with Crippen molar-refractivity contribution in [3.8, 4) is 5.88 Å². The normalized spacial score (nSPS) is 11.0. The molecule has 0 amide bonds. The molecule has 0 aliphatic rings. The van der Waals surface area contributed by atoms with E-state index in [-0.39, 0.29) is 0 Å². The Morgan fingerprint density at radius 1 is 1.42 bits per heavy atom. The largest absolute Gasteiger partial charge is 0.478 e. The predicted molar refractivity (Wildman–Crippen MR) is 65.3 cm³/mol. The number of nitrogens with one attached hydrogen (secondary N) is 1. The Balaban J connectivity index is 1.96. The van der Waals surface area contributed by atoms with Crippen molar-refractivity contribution in [2.75, 3.05) is 12.4 Å². The molecule has 0 bridgehead atoms. The Morgan fingerprint density at radius 2 is 2.21 bits per heavy atom. The summed E-state index contributed by atoms with van der Waals surface area (Å²) in [5.41, 5.74) is 1.55. The fraction of sp³-hybridized carbons (Fsp3) is 0.455. The van der Waals surface area contributed by atoms with Crippen molar-refractivity contribution < 1.29 is 13.5 Å². The molecule has 8 heteroatoms. The fourth-order valence-electron chi connectivity index (χ4n) is 1.68. The van der Waals surface area contributed by atoms with Crippen molar-refractivity contribution in [2.45, 2.75) is 19.5 Å². The summed E-state index contributed by atoms with van der Waals surface area (Å²) in [7, 11) is 3.32. The molecule has 1 N–H and O–H groups in total. The topological polar surface area (TPSA) is 56.9 Å². The molecule has 19 heavy (non-hydrogen) atoms. The molecule has 0 atom stereocenters. The zero-order chi connectivity index (χ0) is 13.8. The predicted octanol–water partition coefficient (Wildman–Crippen LogP) is 1.50. The minimum Gasteiger partial charge on any atom is -0.478 e. The van der Waals surface area contributed by atoms with Gasteiger partial charge in [0, 0.05) is 25.4 Å². The van der Waals surface area contributed by atoms with Gasteiger partial charge in [0.1, 0.15) is 12.2 Å². The van der Waals surface area contributed by atoms with Crippen LogP contribution in [0.3, 0.4) is 0 Å². The molecule has 2 aromatic heterocycles. The van der Waals surface area contributed by atoms with Crippen molar-refractivity contribution in [1.29, 1.82) is 0 Å². The Labute approximate surface area is 109 Å². The highest BCUT2D eigenvalue weighted by Crippen LogP contribution is 2.21. The van der Waals surface area contributed by atoms with E-state index in [9.17, 15) is 8.78 Å². The lowest BCUT2D eigenvalue weighted by Gasteiger charge is -2.03. The minimum absolute atomic E-state index is 0.393. The number of methoxy groups -OCH3 is 1. The third-order valence-electron chi connectivity index (χ3n) is 2.48. The molecule has 2 heterocycles. The number of alkyl halides is 2. The Morgan fingerprint density at radius 3 is 2.89 bits per heavy atom. The van der Waals surface area contributed by atoms with E-state index in [2.05, 4.69) is 15.5 Å². The van der Waals surface area contributed by atoms with Gasteiger partial charge in [-0.3, -0.25) is 9.36 Å². The third-order valence-corrected chi connectivity index (χ3v) is 2.48. The van der Waals surface area contributed by atoms with E-state index in [0.717, 1.165) is 11.3 Å². The molecular weight excluding hydrogens is 256 g/mol. The monoisotopic (exact) mass is 271 g/mol. The lowest BCUT2D eigenvalue weighted by Crippen LogP contribution is -2.06. The first-order chi connectivity index (χ1) is 9.08. The fourth-order valence-corrected chi connectivity index (χ4v) is 1.68. The SMILES string of the molecule is COc1nn(C)cc1NCc1cnn(CC(F)F)c1. The zero-order valence-corrected chi connectivity index (χ0v) is 10.7. The number of halogens is 2. The average Bonchev–Trinajstić information content (AvgIpc) is 2.92. The van der Waals surface area contributed by atoms with Crippen molar-refractivity contribution in [1.82, 2.24) is 19.6 Å². The first-order valence-electron chi connectivity index (χ1n) is 5.69. The summed E-state index contributed by atoms with van der Waals surface area (Å²) in [5, 5.41) is 11.1. The minimum atomic E-state index is -2.40. The number of aromatic nitrogens is 4. The van der Waals surface area contributed by atoms with E-state index in [1.807, 2.05) is 0 Å². The van der Waals surface area contributed by atoms with Crippen molar-refractivity contribution >= 4 is 5.69 Å². The molecule has 0 fully saturated rings. The summed E-state index contributed by atoms with van der Waals surface area (Å²) < 4.78 is 32.3. The molecule has 104 valence electrons. The Hall–Kier alpha value is -2.12. The van der Waals surface area contributed by atoms with Gasteiger partial charge in [0.25, 0.3) is 12.3 Å². The molecule has 0 unspecified atom stereocenters. The van der Waals surface area contributed by atoms with Gasteiger partial charge in [-0.25, -0.2) is 8.78 Å². The second kappa shape index (κ2) is 5.68. The molecule has 0 spiro atoms. The maximum Gasteiger partial charge on any atom is 0.257 e. The van der Waals surface area contributed by atoms with Gasteiger partial charge in [-0.05, 0) is 0 Å². The van der Waals surface area contributed by atoms with Crippen LogP contribution < -0.4 is 10.1 Å². The maximum atomic E-state index is 12.2. The Bertz CT molecular complexity index is 537. The third kappa shape index (κ3) is 3.43. The summed E-state index contributed by atoms with van der Waals surface area (Å²) in [6, 6.07) is 0. The second-order valence-electron chi connectivity index (χ2n) is 4.04. The van der Waals surface area contributed by atoms with E-state index in [0.29, 0.717) is 12.4 Å². The number of rotatable bonds is 6. The first kappa shape index (κ1) is 13.3.